The maximum absolute atomic E-state index is 11.7. The summed E-state index contributed by atoms with van der Waals surface area (Å²) >= 11 is 0. The number of hydrogen-bond acceptors (Lipinski definition) is 2. The molecule has 2 amide bonds. The fourth-order valence-electron chi connectivity index (χ4n) is 1.28. The van der Waals surface area contributed by atoms with Crippen molar-refractivity contribution in [3.63, 3.8) is 0 Å². The quantitative estimate of drug-likeness (QED) is 0.695. The first-order valence-corrected chi connectivity index (χ1v) is 4.83. The summed E-state index contributed by atoms with van der Waals surface area (Å²) in [5.74, 6) is 0. The SMILES string of the molecule is CCN(C)C(=O)N(CCO)C1CC1. The molecule has 1 fully saturated rings. The number of aliphatic hydroxyl groups is 1. The minimum atomic E-state index is 0.0408. The van der Waals surface area contributed by atoms with Crippen molar-refractivity contribution in [2.24, 2.45) is 0 Å². The largest absolute Gasteiger partial charge is 0.395 e. The number of urea groups is 1. The number of carbonyl (C=O) groups excluding carboxylic acids is 1. The highest BCUT2D eigenvalue weighted by Gasteiger charge is 2.33. The van der Waals surface area contributed by atoms with E-state index in [0.29, 0.717) is 19.1 Å². The van der Waals surface area contributed by atoms with Crippen molar-refractivity contribution in [3.8, 4) is 0 Å². The Kier molecular flexibility index (Phi) is 3.54. The first-order chi connectivity index (χ1) is 6.20. The molecule has 0 aromatic rings. The molecule has 0 heterocycles. The van der Waals surface area contributed by atoms with E-state index in [-0.39, 0.29) is 12.6 Å². The Bertz CT molecular complexity index is 180. The smallest absolute Gasteiger partial charge is 0.320 e. The summed E-state index contributed by atoms with van der Waals surface area (Å²) < 4.78 is 0. The molecular weight excluding hydrogens is 168 g/mol. The van der Waals surface area contributed by atoms with Crippen LogP contribution in [0.3, 0.4) is 0 Å². The monoisotopic (exact) mass is 186 g/mol. The number of amides is 2. The predicted octanol–water partition coefficient (Wildman–Crippen LogP) is 0.515. The van der Waals surface area contributed by atoms with E-state index in [4.69, 9.17) is 5.11 Å². The van der Waals surface area contributed by atoms with Crippen LogP contribution < -0.4 is 0 Å². The van der Waals surface area contributed by atoms with Gasteiger partial charge in [0, 0.05) is 26.2 Å². The van der Waals surface area contributed by atoms with Gasteiger partial charge < -0.3 is 14.9 Å². The van der Waals surface area contributed by atoms with Crippen LogP contribution in [0.4, 0.5) is 4.79 Å². The average molecular weight is 186 g/mol. The Morgan fingerprint density at radius 2 is 2.15 bits per heavy atom. The Labute approximate surface area is 79.1 Å². The fraction of sp³-hybridized carbons (Fsp3) is 0.889. The second kappa shape index (κ2) is 4.46. The zero-order valence-electron chi connectivity index (χ0n) is 8.36. The van der Waals surface area contributed by atoms with Gasteiger partial charge in [-0.2, -0.15) is 0 Å². The van der Waals surface area contributed by atoms with Gasteiger partial charge in [0.2, 0.25) is 0 Å². The summed E-state index contributed by atoms with van der Waals surface area (Å²) in [4.78, 5) is 15.1. The van der Waals surface area contributed by atoms with Crippen molar-refractivity contribution < 1.29 is 9.90 Å². The summed E-state index contributed by atoms with van der Waals surface area (Å²) in [6.45, 7) is 3.18. The lowest BCUT2D eigenvalue weighted by molar-refractivity contribution is 0.146. The highest BCUT2D eigenvalue weighted by Crippen LogP contribution is 2.27. The van der Waals surface area contributed by atoms with Gasteiger partial charge in [-0.3, -0.25) is 0 Å². The van der Waals surface area contributed by atoms with E-state index in [1.165, 1.54) is 0 Å². The second-order valence-electron chi connectivity index (χ2n) is 3.44. The molecule has 13 heavy (non-hydrogen) atoms. The molecule has 0 spiro atoms. The lowest BCUT2D eigenvalue weighted by atomic mass is 10.5. The molecule has 0 aromatic carbocycles. The van der Waals surface area contributed by atoms with Crippen LogP contribution in [0.5, 0.6) is 0 Å². The molecule has 1 aliphatic carbocycles. The van der Waals surface area contributed by atoms with Crippen LogP contribution in [-0.2, 0) is 0 Å². The summed E-state index contributed by atoms with van der Waals surface area (Å²) in [5.41, 5.74) is 0. The van der Waals surface area contributed by atoms with Crippen molar-refractivity contribution in [1.82, 2.24) is 9.80 Å². The molecule has 4 heteroatoms. The van der Waals surface area contributed by atoms with Crippen molar-refractivity contribution in [2.45, 2.75) is 25.8 Å². The maximum atomic E-state index is 11.7. The van der Waals surface area contributed by atoms with Crippen LogP contribution in [0.25, 0.3) is 0 Å². The van der Waals surface area contributed by atoms with Gasteiger partial charge >= 0.3 is 6.03 Å². The van der Waals surface area contributed by atoms with Gasteiger partial charge in [-0.05, 0) is 19.8 Å². The van der Waals surface area contributed by atoms with Gasteiger partial charge in [0.25, 0.3) is 0 Å². The number of hydrogen-bond donors (Lipinski definition) is 1. The summed E-state index contributed by atoms with van der Waals surface area (Å²) in [6.07, 6.45) is 2.17. The lowest BCUT2D eigenvalue weighted by Crippen LogP contribution is -2.43. The average Bonchev–Trinajstić information content (AvgIpc) is 2.95. The van der Waals surface area contributed by atoms with Gasteiger partial charge in [0.1, 0.15) is 0 Å². The highest BCUT2D eigenvalue weighted by molar-refractivity contribution is 5.74. The van der Waals surface area contributed by atoms with Gasteiger partial charge in [-0.15, -0.1) is 0 Å². The van der Waals surface area contributed by atoms with Gasteiger partial charge in [-0.25, -0.2) is 4.79 Å². The van der Waals surface area contributed by atoms with Crippen molar-refractivity contribution in [3.05, 3.63) is 0 Å². The number of nitrogens with zero attached hydrogens (tertiary/aromatic N) is 2. The third-order valence-electron chi connectivity index (χ3n) is 2.38. The standard InChI is InChI=1S/C9H18N2O2/c1-3-10(2)9(13)11(6-7-12)8-4-5-8/h8,12H,3-7H2,1-2H3. The molecule has 0 aliphatic heterocycles. The van der Waals surface area contributed by atoms with E-state index in [1.54, 1.807) is 16.8 Å². The lowest BCUT2D eigenvalue weighted by Gasteiger charge is -2.26. The van der Waals surface area contributed by atoms with Gasteiger partial charge in [-0.1, -0.05) is 0 Å². The number of aliphatic hydroxyl groups excluding tert-OH is 1. The molecular formula is C9H18N2O2. The Hall–Kier alpha value is -0.770. The second-order valence-corrected chi connectivity index (χ2v) is 3.44. The van der Waals surface area contributed by atoms with Crippen LogP contribution in [-0.4, -0.2) is 53.7 Å². The van der Waals surface area contributed by atoms with E-state index < -0.39 is 0 Å². The zero-order chi connectivity index (χ0) is 9.84. The first-order valence-electron chi connectivity index (χ1n) is 4.83. The molecule has 0 unspecified atom stereocenters. The zero-order valence-corrected chi connectivity index (χ0v) is 8.36. The molecule has 0 bridgehead atoms. The van der Waals surface area contributed by atoms with E-state index in [2.05, 4.69) is 0 Å². The molecule has 1 saturated carbocycles. The predicted molar refractivity (Wildman–Crippen MR) is 50.5 cm³/mol. The maximum Gasteiger partial charge on any atom is 0.320 e. The Morgan fingerprint density at radius 1 is 1.54 bits per heavy atom. The molecule has 0 atom stereocenters. The number of rotatable bonds is 4. The Morgan fingerprint density at radius 3 is 2.54 bits per heavy atom. The molecule has 0 radical (unpaired) electrons. The van der Waals surface area contributed by atoms with Gasteiger partial charge in [0.05, 0.1) is 6.61 Å². The van der Waals surface area contributed by atoms with Crippen LogP contribution in [0.15, 0.2) is 0 Å². The van der Waals surface area contributed by atoms with Crippen molar-refractivity contribution >= 4 is 6.03 Å². The van der Waals surface area contributed by atoms with Crippen LogP contribution in [0.1, 0.15) is 19.8 Å². The van der Waals surface area contributed by atoms with Crippen LogP contribution in [0.2, 0.25) is 0 Å². The molecule has 1 rings (SSSR count). The fourth-order valence-corrected chi connectivity index (χ4v) is 1.28. The summed E-state index contributed by atoms with van der Waals surface area (Å²) in [5, 5.41) is 8.80. The van der Waals surface area contributed by atoms with Gasteiger partial charge in [0.15, 0.2) is 0 Å². The molecule has 4 nitrogen and oxygen atoms in total. The van der Waals surface area contributed by atoms with E-state index in [9.17, 15) is 4.79 Å². The summed E-state index contributed by atoms with van der Waals surface area (Å²) in [6, 6.07) is 0.424. The Balaban J connectivity index is 2.47. The highest BCUT2D eigenvalue weighted by atomic mass is 16.3. The van der Waals surface area contributed by atoms with Crippen molar-refractivity contribution in [2.75, 3.05) is 26.7 Å². The van der Waals surface area contributed by atoms with E-state index in [1.807, 2.05) is 6.92 Å². The van der Waals surface area contributed by atoms with E-state index in [0.717, 1.165) is 12.8 Å². The molecule has 0 saturated heterocycles. The molecule has 1 N–H and O–H groups in total. The first kappa shape index (κ1) is 10.3. The van der Waals surface area contributed by atoms with Crippen molar-refractivity contribution in [1.29, 1.82) is 0 Å². The number of carbonyl (C=O) groups is 1. The van der Waals surface area contributed by atoms with Crippen LogP contribution in [0, 0.1) is 0 Å². The molecule has 76 valence electrons. The van der Waals surface area contributed by atoms with Crippen LogP contribution >= 0.6 is 0 Å². The molecule has 1 aliphatic rings. The minimum Gasteiger partial charge on any atom is -0.395 e. The summed E-state index contributed by atoms with van der Waals surface area (Å²) in [7, 11) is 1.79. The van der Waals surface area contributed by atoms with E-state index >= 15 is 0 Å². The third kappa shape index (κ3) is 2.59. The topological polar surface area (TPSA) is 43.8 Å². The third-order valence-corrected chi connectivity index (χ3v) is 2.38. The normalized spacial score (nSPS) is 15.6. The molecule has 0 aromatic heterocycles. The minimum absolute atomic E-state index is 0.0408.